The maximum atomic E-state index is 10.8. The average molecular weight is 317 g/mol. The minimum atomic E-state index is -0.751. The summed E-state index contributed by atoms with van der Waals surface area (Å²) < 4.78 is 16.4. The van der Waals surface area contributed by atoms with E-state index in [9.17, 15) is 10.2 Å². The van der Waals surface area contributed by atoms with Crippen LogP contribution in [0.2, 0.25) is 0 Å². The van der Waals surface area contributed by atoms with Crippen LogP contribution in [-0.4, -0.2) is 53.8 Å². The molecule has 4 aliphatic rings. The number of methoxy groups -OCH3 is 1. The molecule has 0 radical (unpaired) electrons. The molecule has 2 bridgehead atoms. The molecular weight excluding hydrogens is 298 g/mol. The summed E-state index contributed by atoms with van der Waals surface area (Å²) in [5.41, 5.74) is 1.21. The minimum absolute atomic E-state index is 0.00341. The molecule has 6 atom stereocenters. The Morgan fingerprint density at radius 2 is 2.04 bits per heavy atom. The standard InChI is InChI=1S/C17H19NO5/c1-21-9-2-3-17-11-6-13-12(22-8-23-13)5-10(11)16(20)18(7-15(17)19)14(17)4-9/h2-3,5-6,9,14-16,19-20H,4,7-8H2,1H3/t9-,14+,15?,16-,17+/m0/s1. The zero-order chi connectivity index (χ0) is 15.8. The summed E-state index contributed by atoms with van der Waals surface area (Å²) >= 11 is 0. The van der Waals surface area contributed by atoms with Crippen LogP contribution in [-0.2, 0) is 10.2 Å². The van der Waals surface area contributed by atoms with Crippen LogP contribution in [0.15, 0.2) is 24.3 Å². The lowest BCUT2D eigenvalue weighted by atomic mass is 9.65. The van der Waals surface area contributed by atoms with Crippen molar-refractivity contribution in [3.05, 3.63) is 35.4 Å². The van der Waals surface area contributed by atoms with E-state index in [1.54, 1.807) is 7.11 Å². The second-order valence-electron chi connectivity index (χ2n) is 6.70. The first-order valence-electron chi connectivity index (χ1n) is 7.93. The maximum Gasteiger partial charge on any atom is 0.231 e. The zero-order valence-corrected chi connectivity index (χ0v) is 12.8. The van der Waals surface area contributed by atoms with E-state index in [2.05, 4.69) is 6.08 Å². The van der Waals surface area contributed by atoms with Crippen molar-refractivity contribution in [3.8, 4) is 11.5 Å². The normalized spacial score (nSPS) is 42.5. The minimum Gasteiger partial charge on any atom is -0.454 e. The fourth-order valence-corrected chi connectivity index (χ4v) is 4.71. The van der Waals surface area contributed by atoms with E-state index >= 15 is 0 Å². The lowest BCUT2D eigenvalue weighted by Gasteiger charge is -2.48. The largest absolute Gasteiger partial charge is 0.454 e. The number of rotatable bonds is 1. The van der Waals surface area contributed by atoms with E-state index in [0.29, 0.717) is 18.0 Å². The summed E-state index contributed by atoms with van der Waals surface area (Å²) in [6.45, 7) is 0.631. The number of hydrogen-bond donors (Lipinski definition) is 2. The summed E-state index contributed by atoms with van der Waals surface area (Å²) in [5.74, 6) is 1.33. The topological polar surface area (TPSA) is 71.4 Å². The molecule has 6 nitrogen and oxygen atoms in total. The highest BCUT2D eigenvalue weighted by molar-refractivity contribution is 5.57. The molecule has 0 aromatic heterocycles. The van der Waals surface area contributed by atoms with Gasteiger partial charge in [-0.05, 0) is 24.1 Å². The van der Waals surface area contributed by atoms with Gasteiger partial charge in [0, 0.05) is 25.3 Å². The molecule has 2 unspecified atom stereocenters. The fraction of sp³-hybridized carbons (Fsp3) is 0.529. The van der Waals surface area contributed by atoms with Gasteiger partial charge in [0.15, 0.2) is 11.5 Å². The second kappa shape index (κ2) is 4.48. The molecule has 23 heavy (non-hydrogen) atoms. The van der Waals surface area contributed by atoms with E-state index in [0.717, 1.165) is 17.5 Å². The lowest BCUT2D eigenvalue weighted by molar-refractivity contribution is -0.0399. The first-order chi connectivity index (χ1) is 11.1. The third kappa shape index (κ3) is 1.57. The highest BCUT2D eigenvalue weighted by atomic mass is 16.7. The van der Waals surface area contributed by atoms with Gasteiger partial charge >= 0.3 is 0 Å². The first kappa shape index (κ1) is 13.8. The smallest absolute Gasteiger partial charge is 0.231 e. The summed E-state index contributed by atoms with van der Waals surface area (Å²) in [6.07, 6.45) is 3.51. The Bertz CT molecular complexity index is 704. The van der Waals surface area contributed by atoms with Crippen LogP contribution in [0.1, 0.15) is 23.8 Å². The van der Waals surface area contributed by atoms with Crippen LogP contribution < -0.4 is 9.47 Å². The highest BCUT2D eigenvalue weighted by Gasteiger charge is 2.61. The summed E-state index contributed by atoms with van der Waals surface area (Å²) in [7, 11) is 1.69. The third-order valence-corrected chi connectivity index (χ3v) is 5.84. The molecule has 6 heteroatoms. The second-order valence-corrected chi connectivity index (χ2v) is 6.70. The summed E-state index contributed by atoms with van der Waals surface area (Å²) in [6, 6.07) is 3.79. The van der Waals surface area contributed by atoms with Gasteiger partial charge in [-0.15, -0.1) is 0 Å². The summed E-state index contributed by atoms with van der Waals surface area (Å²) in [4.78, 5) is 1.98. The van der Waals surface area contributed by atoms with Gasteiger partial charge < -0.3 is 24.4 Å². The van der Waals surface area contributed by atoms with Crippen molar-refractivity contribution in [1.82, 2.24) is 4.90 Å². The first-order valence-corrected chi connectivity index (χ1v) is 7.93. The van der Waals surface area contributed by atoms with Crippen LogP contribution in [0.4, 0.5) is 0 Å². The Labute approximate surface area is 133 Å². The number of nitrogens with zero attached hydrogens (tertiary/aromatic N) is 1. The Hall–Kier alpha value is -1.60. The fourth-order valence-electron chi connectivity index (χ4n) is 4.71. The van der Waals surface area contributed by atoms with Crippen LogP contribution >= 0.6 is 0 Å². The van der Waals surface area contributed by atoms with E-state index in [1.165, 1.54) is 0 Å². The van der Waals surface area contributed by atoms with Gasteiger partial charge in [0.05, 0.1) is 17.6 Å². The molecule has 0 amide bonds. The van der Waals surface area contributed by atoms with Crippen molar-refractivity contribution >= 4 is 0 Å². The lowest BCUT2D eigenvalue weighted by Crippen LogP contribution is -2.53. The number of ether oxygens (including phenoxy) is 3. The predicted molar refractivity (Wildman–Crippen MR) is 80.3 cm³/mol. The van der Waals surface area contributed by atoms with Crippen molar-refractivity contribution in [2.45, 2.75) is 36.3 Å². The average Bonchev–Trinajstić information content (AvgIpc) is 3.12. The van der Waals surface area contributed by atoms with Gasteiger partial charge in [-0.3, -0.25) is 4.90 Å². The Balaban J connectivity index is 1.75. The zero-order valence-electron chi connectivity index (χ0n) is 12.8. The van der Waals surface area contributed by atoms with Crippen molar-refractivity contribution in [2.75, 3.05) is 20.4 Å². The van der Waals surface area contributed by atoms with E-state index in [1.807, 2.05) is 23.1 Å². The number of aliphatic hydroxyl groups excluding tert-OH is 2. The van der Waals surface area contributed by atoms with Gasteiger partial charge in [-0.1, -0.05) is 12.2 Å². The van der Waals surface area contributed by atoms with Crippen LogP contribution in [0.25, 0.3) is 0 Å². The predicted octanol–water partition coefficient (Wildman–Crippen LogP) is 0.678. The highest BCUT2D eigenvalue weighted by Crippen LogP contribution is 2.56. The molecule has 122 valence electrons. The van der Waals surface area contributed by atoms with Gasteiger partial charge in [0.25, 0.3) is 0 Å². The molecule has 2 N–H and O–H groups in total. The molecular formula is C17H19NO5. The quantitative estimate of drug-likeness (QED) is 0.742. The van der Waals surface area contributed by atoms with Crippen LogP contribution in [0, 0.1) is 0 Å². The maximum absolute atomic E-state index is 10.8. The Morgan fingerprint density at radius 3 is 2.83 bits per heavy atom. The van der Waals surface area contributed by atoms with Gasteiger partial charge in [-0.25, -0.2) is 0 Å². The molecule has 1 aromatic rings. The van der Waals surface area contributed by atoms with Crippen LogP contribution in [0.5, 0.6) is 11.5 Å². The van der Waals surface area contributed by atoms with Gasteiger partial charge in [-0.2, -0.15) is 0 Å². The molecule has 1 aromatic carbocycles. The van der Waals surface area contributed by atoms with Gasteiger partial charge in [0.1, 0.15) is 6.23 Å². The van der Waals surface area contributed by atoms with Crippen LogP contribution in [0.3, 0.4) is 0 Å². The van der Waals surface area contributed by atoms with Crippen molar-refractivity contribution < 1.29 is 24.4 Å². The molecule has 1 saturated heterocycles. The Kier molecular flexibility index (Phi) is 2.69. The number of benzene rings is 1. The third-order valence-electron chi connectivity index (χ3n) is 5.84. The number of fused-ring (bicyclic) bond motifs is 2. The molecule has 3 heterocycles. The number of aliphatic hydroxyl groups is 2. The van der Waals surface area contributed by atoms with Gasteiger partial charge in [0.2, 0.25) is 6.79 Å². The van der Waals surface area contributed by atoms with E-state index in [4.69, 9.17) is 14.2 Å². The monoisotopic (exact) mass is 317 g/mol. The summed E-state index contributed by atoms with van der Waals surface area (Å²) in [5, 5.41) is 21.7. The molecule has 0 spiro atoms. The molecule has 1 fully saturated rings. The molecule has 5 rings (SSSR count). The van der Waals surface area contributed by atoms with Crippen molar-refractivity contribution in [2.24, 2.45) is 0 Å². The van der Waals surface area contributed by atoms with Crippen molar-refractivity contribution in [3.63, 3.8) is 0 Å². The Morgan fingerprint density at radius 1 is 1.26 bits per heavy atom. The van der Waals surface area contributed by atoms with E-state index in [-0.39, 0.29) is 18.9 Å². The molecule has 1 aliphatic carbocycles. The SMILES string of the molecule is CO[C@H]1C=C[C@]23c4cc5c(cc4[C@H](O)N(CC2O)[C@@H]3C1)OCO5. The van der Waals surface area contributed by atoms with Crippen molar-refractivity contribution in [1.29, 1.82) is 0 Å². The molecule has 3 aliphatic heterocycles. The van der Waals surface area contributed by atoms with E-state index < -0.39 is 17.7 Å². The number of hydrogen-bond acceptors (Lipinski definition) is 6. The molecule has 0 saturated carbocycles.